The van der Waals surface area contributed by atoms with Crippen molar-refractivity contribution in [2.45, 2.75) is 13.5 Å². The van der Waals surface area contributed by atoms with Crippen molar-refractivity contribution in [1.82, 2.24) is 4.98 Å². The van der Waals surface area contributed by atoms with Crippen molar-refractivity contribution in [2.75, 3.05) is 0 Å². The lowest BCUT2D eigenvalue weighted by molar-refractivity contribution is 0.475. The summed E-state index contributed by atoms with van der Waals surface area (Å²) in [4.78, 5) is 4.18. The van der Waals surface area contributed by atoms with Crippen LogP contribution in [0.3, 0.4) is 0 Å². The second-order valence-corrected chi connectivity index (χ2v) is 4.13. The number of nitrogens with two attached hydrogens (primary N) is 1. The first kappa shape index (κ1) is 11.9. The van der Waals surface area contributed by atoms with E-state index < -0.39 is 0 Å². The van der Waals surface area contributed by atoms with E-state index in [1.54, 1.807) is 18.3 Å². The maximum Gasteiger partial charge on any atom is 0.135 e. The molecular formula is C13H13ClN2O. The summed E-state index contributed by atoms with van der Waals surface area (Å²) in [6.07, 6.45) is 1.73. The van der Waals surface area contributed by atoms with Gasteiger partial charge in [0, 0.05) is 35.1 Å². The van der Waals surface area contributed by atoms with Crippen LogP contribution in [0.1, 0.15) is 11.3 Å². The fourth-order valence-electron chi connectivity index (χ4n) is 1.47. The molecule has 0 aliphatic heterocycles. The quantitative estimate of drug-likeness (QED) is 0.907. The molecule has 3 nitrogen and oxygen atoms in total. The van der Waals surface area contributed by atoms with Gasteiger partial charge in [-0.05, 0) is 25.1 Å². The van der Waals surface area contributed by atoms with Gasteiger partial charge in [0.15, 0.2) is 0 Å². The number of hydrogen-bond donors (Lipinski definition) is 1. The zero-order valence-electron chi connectivity index (χ0n) is 9.48. The second-order valence-electron chi connectivity index (χ2n) is 3.70. The molecule has 17 heavy (non-hydrogen) atoms. The molecule has 2 rings (SSSR count). The molecule has 0 saturated heterocycles. The van der Waals surface area contributed by atoms with Gasteiger partial charge in [-0.25, -0.2) is 0 Å². The molecule has 2 N–H and O–H groups in total. The second kappa shape index (κ2) is 5.17. The Hall–Kier alpha value is -1.58. The predicted molar refractivity (Wildman–Crippen MR) is 68.4 cm³/mol. The van der Waals surface area contributed by atoms with Crippen LogP contribution in [0.5, 0.6) is 11.5 Å². The number of benzene rings is 1. The van der Waals surface area contributed by atoms with Crippen molar-refractivity contribution >= 4 is 11.6 Å². The number of halogens is 1. The van der Waals surface area contributed by atoms with Gasteiger partial charge in [-0.3, -0.25) is 4.98 Å². The summed E-state index contributed by atoms with van der Waals surface area (Å²) in [5.74, 6) is 1.42. The van der Waals surface area contributed by atoms with Crippen LogP contribution in [0.2, 0.25) is 5.02 Å². The third-order valence-electron chi connectivity index (χ3n) is 2.32. The van der Waals surface area contributed by atoms with Crippen molar-refractivity contribution in [2.24, 2.45) is 5.73 Å². The largest absolute Gasteiger partial charge is 0.457 e. The molecule has 0 saturated carbocycles. The summed E-state index contributed by atoms with van der Waals surface area (Å²) < 4.78 is 5.76. The minimum atomic E-state index is 0.392. The maximum atomic E-state index is 5.90. The summed E-state index contributed by atoms with van der Waals surface area (Å²) in [5.41, 5.74) is 7.40. The molecule has 0 radical (unpaired) electrons. The standard InChI is InChI=1S/C13H13ClN2O/c1-9-5-13(10(7-15)8-16-9)17-12-4-2-3-11(14)6-12/h2-6,8H,7,15H2,1H3. The highest BCUT2D eigenvalue weighted by molar-refractivity contribution is 6.30. The number of nitrogens with zero attached hydrogens (tertiary/aromatic N) is 1. The number of pyridine rings is 1. The van der Waals surface area contributed by atoms with E-state index in [0.29, 0.717) is 17.3 Å². The van der Waals surface area contributed by atoms with Crippen LogP contribution >= 0.6 is 11.6 Å². The third-order valence-corrected chi connectivity index (χ3v) is 2.56. The van der Waals surface area contributed by atoms with Gasteiger partial charge >= 0.3 is 0 Å². The highest BCUT2D eigenvalue weighted by atomic mass is 35.5. The molecule has 0 aliphatic carbocycles. The van der Waals surface area contributed by atoms with E-state index in [1.165, 1.54) is 0 Å². The molecule has 0 bridgehead atoms. The van der Waals surface area contributed by atoms with Crippen LogP contribution in [0.25, 0.3) is 0 Å². The van der Waals surface area contributed by atoms with Gasteiger partial charge in [0.1, 0.15) is 11.5 Å². The minimum absolute atomic E-state index is 0.392. The molecule has 1 heterocycles. The number of aryl methyl sites for hydroxylation is 1. The van der Waals surface area contributed by atoms with Crippen molar-refractivity contribution in [3.63, 3.8) is 0 Å². The Morgan fingerprint density at radius 1 is 1.35 bits per heavy atom. The Kier molecular flexibility index (Phi) is 3.61. The van der Waals surface area contributed by atoms with E-state index in [9.17, 15) is 0 Å². The normalized spacial score (nSPS) is 10.3. The molecule has 0 fully saturated rings. The van der Waals surface area contributed by atoms with E-state index in [1.807, 2.05) is 25.1 Å². The lowest BCUT2D eigenvalue weighted by Crippen LogP contribution is -2.01. The highest BCUT2D eigenvalue weighted by Crippen LogP contribution is 2.27. The van der Waals surface area contributed by atoms with Crippen LogP contribution in [0.15, 0.2) is 36.5 Å². The molecule has 0 atom stereocenters. The van der Waals surface area contributed by atoms with E-state index >= 15 is 0 Å². The zero-order valence-corrected chi connectivity index (χ0v) is 10.2. The average molecular weight is 249 g/mol. The topological polar surface area (TPSA) is 48.1 Å². The van der Waals surface area contributed by atoms with E-state index in [-0.39, 0.29) is 0 Å². The first-order valence-corrected chi connectivity index (χ1v) is 5.66. The third kappa shape index (κ3) is 2.96. The van der Waals surface area contributed by atoms with Gasteiger partial charge in [0.05, 0.1) is 0 Å². The Balaban J connectivity index is 2.32. The summed E-state index contributed by atoms with van der Waals surface area (Å²) >= 11 is 5.90. The molecule has 4 heteroatoms. The van der Waals surface area contributed by atoms with Crippen LogP contribution in [-0.4, -0.2) is 4.98 Å². The lowest BCUT2D eigenvalue weighted by Gasteiger charge is -2.10. The molecule has 2 aromatic rings. The summed E-state index contributed by atoms with van der Waals surface area (Å²) in [6.45, 7) is 2.30. The van der Waals surface area contributed by atoms with Crippen LogP contribution in [0, 0.1) is 6.92 Å². The molecule has 88 valence electrons. The van der Waals surface area contributed by atoms with E-state index in [0.717, 1.165) is 17.0 Å². The molecule has 1 aromatic heterocycles. The predicted octanol–water partition coefficient (Wildman–Crippen LogP) is 3.29. The van der Waals surface area contributed by atoms with Gasteiger partial charge in [-0.15, -0.1) is 0 Å². The summed E-state index contributed by atoms with van der Waals surface area (Å²) in [5, 5.41) is 0.641. The maximum absolute atomic E-state index is 5.90. The zero-order chi connectivity index (χ0) is 12.3. The lowest BCUT2D eigenvalue weighted by atomic mass is 10.2. The fourth-order valence-corrected chi connectivity index (χ4v) is 1.65. The van der Waals surface area contributed by atoms with Crippen LogP contribution < -0.4 is 10.5 Å². The van der Waals surface area contributed by atoms with Crippen molar-refractivity contribution in [3.05, 3.63) is 52.8 Å². The summed E-state index contributed by atoms with van der Waals surface area (Å²) in [7, 11) is 0. The highest BCUT2D eigenvalue weighted by Gasteiger charge is 2.05. The molecule has 1 aromatic carbocycles. The Morgan fingerprint density at radius 3 is 2.88 bits per heavy atom. The number of ether oxygens (including phenoxy) is 1. The number of rotatable bonds is 3. The van der Waals surface area contributed by atoms with Crippen molar-refractivity contribution in [1.29, 1.82) is 0 Å². The monoisotopic (exact) mass is 248 g/mol. The first-order chi connectivity index (χ1) is 8.19. The van der Waals surface area contributed by atoms with Gasteiger partial charge in [-0.1, -0.05) is 17.7 Å². The van der Waals surface area contributed by atoms with Crippen LogP contribution in [0.4, 0.5) is 0 Å². The Morgan fingerprint density at radius 2 is 2.18 bits per heavy atom. The number of hydrogen-bond acceptors (Lipinski definition) is 3. The van der Waals surface area contributed by atoms with Gasteiger partial charge < -0.3 is 10.5 Å². The smallest absolute Gasteiger partial charge is 0.135 e. The van der Waals surface area contributed by atoms with Gasteiger partial charge in [0.25, 0.3) is 0 Å². The molecular weight excluding hydrogens is 236 g/mol. The molecule has 0 amide bonds. The van der Waals surface area contributed by atoms with Gasteiger partial charge in [-0.2, -0.15) is 0 Å². The fraction of sp³-hybridized carbons (Fsp3) is 0.154. The van der Waals surface area contributed by atoms with E-state index in [4.69, 9.17) is 22.1 Å². The van der Waals surface area contributed by atoms with Crippen LogP contribution in [-0.2, 0) is 6.54 Å². The molecule has 0 unspecified atom stereocenters. The van der Waals surface area contributed by atoms with E-state index in [2.05, 4.69) is 4.98 Å². The Labute approximate surface area is 105 Å². The molecule has 0 aliphatic rings. The SMILES string of the molecule is Cc1cc(Oc2cccc(Cl)c2)c(CN)cn1. The van der Waals surface area contributed by atoms with Crippen molar-refractivity contribution in [3.8, 4) is 11.5 Å². The molecule has 0 spiro atoms. The first-order valence-electron chi connectivity index (χ1n) is 5.28. The van der Waals surface area contributed by atoms with Crippen molar-refractivity contribution < 1.29 is 4.74 Å². The minimum Gasteiger partial charge on any atom is -0.457 e. The summed E-state index contributed by atoms with van der Waals surface area (Å²) in [6, 6.07) is 9.12. The average Bonchev–Trinajstić information content (AvgIpc) is 2.29. The van der Waals surface area contributed by atoms with Gasteiger partial charge in [0.2, 0.25) is 0 Å². The number of aromatic nitrogens is 1. The Bertz CT molecular complexity index is 529.